The van der Waals surface area contributed by atoms with E-state index < -0.39 is 21.4 Å². The molecule has 1 aliphatic rings. The molecule has 0 unspecified atom stereocenters. The smallest absolute Gasteiger partial charge is 0.345 e. The molecule has 3 heterocycles. The molecule has 0 bridgehead atoms. The quantitative estimate of drug-likeness (QED) is 0.815. The van der Waals surface area contributed by atoms with E-state index in [1.807, 2.05) is 0 Å². The molecule has 0 radical (unpaired) electrons. The van der Waals surface area contributed by atoms with Crippen molar-refractivity contribution in [2.45, 2.75) is 25.7 Å². The zero-order chi connectivity index (χ0) is 16.6. The monoisotopic (exact) mass is 339 g/mol. The van der Waals surface area contributed by atoms with Gasteiger partial charge in [0.05, 0.1) is 18.1 Å². The molecule has 2 aromatic rings. The molecule has 0 atom stereocenters. The number of hydrogen-bond acceptors (Lipinski definition) is 6. The van der Waals surface area contributed by atoms with Crippen LogP contribution in [0.2, 0.25) is 0 Å². The molecule has 1 aliphatic heterocycles. The molecule has 3 rings (SSSR count). The van der Waals surface area contributed by atoms with E-state index in [9.17, 15) is 18.0 Å². The van der Waals surface area contributed by atoms with Crippen LogP contribution < -0.4 is 5.56 Å². The minimum Gasteiger partial charge on any atom is -0.462 e. The number of hydrogen-bond donors (Lipinski definition) is 1. The molecule has 1 fully saturated rings. The van der Waals surface area contributed by atoms with Gasteiger partial charge in [0.25, 0.3) is 5.56 Å². The fraction of sp³-hybridized carbons (Fsp3) is 0.500. The third kappa shape index (κ3) is 3.00. The number of fused-ring (bicyclic) bond motifs is 1. The van der Waals surface area contributed by atoms with Gasteiger partial charge in [0, 0.05) is 23.9 Å². The van der Waals surface area contributed by atoms with Crippen molar-refractivity contribution >= 4 is 21.5 Å². The van der Waals surface area contributed by atoms with E-state index in [0.29, 0.717) is 18.5 Å². The molecular formula is C14H17N3O5S. The van der Waals surface area contributed by atoms with Gasteiger partial charge in [-0.05, 0) is 19.8 Å². The largest absolute Gasteiger partial charge is 0.462 e. The first-order chi connectivity index (χ1) is 10.9. The van der Waals surface area contributed by atoms with Crippen LogP contribution >= 0.6 is 0 Å². The van der Waals surface area contributed by atoms with E-state index in [2.05, 4.69) is 10.1 Å². The first-order valence-corrected chi connectivity index (χ1v) is 9.21. The second-order valence-corrected chi connectivity index (χ2v) is 7.83. The van der Waals surface area contributed by atoms with E-state index in [0.717, 1.165) is 5.69 Å². The van der Waals surface area contributed by atoms with E-state index in [1.54, 1.807) is 13.0 Å². The summed E-state index contributed by atoms with van der Waals surface area (Å²) in [6.07, 6.45) is 2.22. The van der Waals surface area contributed by atoms with E-state index in [-0.39, 0.29) is 29.6 Å². The van der Waals surface area contributed by atoms with Crippen LogP contribution in [0.5, 0.6) is 0 Å². The average molecular weight is 339 g/mol. The number of aromatic nitrogens is 3. The van der Waals surface area contributed by atoms with Crippen molar-refractivity contribution in [2.24, 2.45) is 0 Å². The lowest BCUT2D eigenvalue weighted by Crippen LogP contribution is -2.25. The highest BCUT2D eigenvalue weighted by Gasteiger charge is 2.26. The predicted octanol–water partition coefficient (Wildman–Crippen LogP) is 0.492. The molecule has 0 saturated carbocycles. The number of nitrogens with one attached hydrogen (secondary N) is 1. The van der Waals surface area contributed by atoms with Gasteiger partial charge in [-0.15, -0.1) is 0 Å². The summed E-state index contributed by atoms with van der Waals surface area (Å²) in [5, 5.41) is 2.94. The summed E-state index contributed by atoms with van der Waals surface area (Å²) >= 11 is 0. The molecule has 2 aromatic heterocycles. The Kier molecular flexibility index (Phi) is 3.97. The average Bonchev–Trinajstić information content (AvgIpc) is 2.92. The van der Waals surface area contributed by atoms with Crippen LogP contribution in [0.3, 0.4) is 0 Å². The van der Waals surface area contributed by atoms with Crippen LogP contribution in [0.1, 0.15) is 41.7 Å². The maximum absolute atomic E-state index is 12.3. The Morgan fingerprint density at radius 2 is 2.13 bits per heavy atom. The lowest BCUT2D eigenvalue weighted by Gasteiger charge is -2.20. The first kappa shape index (κ1) is 15.7. The first-order valence-electron chi connectivity index (χ1n) is 7.39. The topological polar surface area (TPSA) is 111 Å². The SMILES string of the molecule is CCOC(=O)c1cnc2cc(C3CCS(=O)(=O)CC3)[nH]n2c1=O. The number of carbonyl (C=O) groups is 1. The van der Waals surface area contributed by atoms with Crippen LogP contribution in [-0.4, -0.2) is 47.1 Å². The van der Waals surface area contributed by atoms with Crippen LogP contribution in [0, 0.1) is 0 Å². The van der Waals surface area contributed by atoms with Crippen molar-refractivity contribution in [3.63, 3.8) is 0 Å². The van der Waals surface area contributed by atoms with E-state index in [1.165, 1.54) is 10.7 Å². The van der Waals surface area contributed by atoms with E-state index in [4.69, 9.17) is 4.74 Å². The molecule has 124 valence electrons. The minimum absolute atomic E-state index is 0.0330. The number of ether oxygens (including phenoxy) is 1. The number of H-pyrrole nitrogens is 1. The number of carbonyl (C=O) groups excluding carboxylic acids is 1. The molecule has 0 spiro atoms. The van der Waals surface area contributed by atoms with Crippen molar-refractivity contribution in [1.82, 2.24) is 14.6 Å². The zero-order valence-corrected chi connectivity index (χ0v) is 13.4. The van der Waals surface area contributed by atoms with Crippen LogP contribution in [-0.2, 0) is 14.6 Å². The Bertz CT molecular complexity index is 898. The fourth-order valence-corrected chi connectivity index (χ4v) is 4.23. The zero-order valence-electron chi connectivity index (χ0n) is 12.6. The van der Waals surface area contributed by atoms with Gasteiger partial charge in [0.1, 0.15) is 15.4 Å². The summed E-state index contributed by atoms with van der Waals surface area (Å²) in [7, 11) is -2.95. The second kappa shape index (κ2) is 5.80. The Labute approximate surface area is 132 Å². The molecule has 1 saturated heterocycles. The molecule has 23 heavy (non-hydrogen) atoms. The highest BCUT2D eigenvalue weighted by Crippen LogP contribution is 2.28. The van der Waals surface area contributed by atoms with Crippen molar-refractivity contribution in [3.8, 4) is 0 Å². The lowest BCUT2D eigenvalue weighted by molar-refractivity contribution is 0.0523. The van der Waals surface area contributed by atoms with Crippen LogP contribution in [0.4, 0.5) is 0 Å². The van der Waals surface area contributed by atoms with Gasteiger partial charge in [-0.2, -0.15) is 0 Å². The Morgan fingerprint density at radius 3 is 2.78 bits per heavy atom. The van der Waals surface area contributed by atoms with Gasteiger partial charge in [0.15, 0.2) is 5.65 Å². The van der Waals surface area contributed by atoms with Crippen molar-refractivity contribution < 1.29 is 17.9 Å². The summed E-state index contributed by atoms with van der Waals surface area (Å²) in [6.45, 7) is 1.83. The van der Waals surface area contributed by atoms with Gasteiger partial charge in [-0.3, -0.25) is 9.89 Å². The summed E-state index contributed by atoms with van der Waals surface area (Å²) in [5.41, 5.74) is 0.490. The number of sulfone groups is 1. The van der Waals surface area contributed by atoms with Crippen molar-refractivity contribution in [3.05, 3.63) is 33.9 Å². The molecule has 9 heteroatoms. The third-order valence-corrected chi connectivity index (χ3v) is 5.72. The van der Waals surface area contributed by atoms with Crippen LogP contribution in [0.25, 0.3) is 5.65 Å². The second-order valence-electron chi connectivity index (χ2n) is 5.53. The third-order valence-electron chi connectivity index (χ3n) is 4.00. The number of esters is 1. The standard InChI is InChI=1S/C14H17N3O5S/c1-2-22-14(19)10-8-15-12-7-11(16-17(12)13(10)18)9-3-5-23(20,21)6-4-9/h7-9,16H,2-6H2,1H3. The van der Waals surface area contributed by atoms with Gasteiger partial charge in [-0.25, -0.2) is 22.7 Å². The predicted molar refractivity (Wildman–Crippen MR) is 82.4 cm³/mol. The highest BCUT2D eigenvalue weighted by molar-refractivity contribution is 7.91. The van der Waals surface area contributed by atoms with Gasteiger partial charge in [0.2, 0.25) is 0 Å². The summed E-state index contributed by atoms with van der Waals surface area (Å²) in [6, 6.07) is 1.72. The summed E-state index contributed by atoms with van der Waals surface area (Å²) in [4.78, 5) is 28.2. The van der Waals surface area contributed by atoms with Gasteiger partial charge >= 0.3 is 5.97 Å². The number of rotatable bonds is 3. The lowest BCUT2D eigenvalue weighted by atomic mass is 9.99. The van der Waals surface area contributed by atoms with Crippen molar-refractivity contribution in [1.29, 1.82) is 0 Å². The number of aromatic amines is 1. The molecular weight excluding hydrogens is 322 g/mol. The highest BCUT2D eigenvalue weighted by atomic mass is 32.2. The van der Waals surface area contributed by atoms with Crippen LogP contribution in [0.15, 0.2) is 17.1 Å². The normalized spacial score (nSPS) is 18.1. The van der Waals surface area contributed by atoms with Gasteiger partial charge < -0.3 is 4.74 Å². The summed E-state index contributed by atoms with van der Waals surface area (Å²) < 4.78 is 29.0. The number of nitrogens with zero attached hydrogens (tertiary/aromatic N) is 2. The minimum atomic E-state index is -2.95. The molecule has 1 N–H and O–H groups in total. The fourth-order valence-electron chi connectivity index (χ4n) is 2.74. The van der Waals surface area contributed by atoms with Crippen molar-refractivity contribution in [2.75, 3.05) is 18.1 Å². The Hall–Kier alpha value is -2.16. The Balaban J connectivity index is 1.95. The molecule has 8 nitrogen and oxygen atoms in total. The molecule has 0 amide bonds. The summed E-state index contributed by atoms with van der Waals surface area (Å²) in [5.74, 6) is -0.391. The Morgan fingerprint density at radius 1 is 1.43 bits per heavy atom. The van der Waals surface area contributed by atoms with E-state index >= 15 is 0 Å². The molecule has 0 aliphatic carbocycles. The maximum Gasteiger partial charge on any atom is 0.345 e. The molecule has 0 aromatic carbocycles. The maximum atomic E-state index is 12.3. The van der Waals surface area contributed by atoms with Gasteiger partial charge in [-0.1, -0.05) is 0 Å².